The zero-order chi connectivity index (χ0) is 9.38. The van der Waals surface area contributed by atoms with Crippen molar-refractivity contribution in [1.29, 1.82) is 0 Å². The molecule has 0 amide bonds. The molecule has 2 heterocycles. The van der Waals surface area contributed by atoms with Crippen LogP contribution in [0, 0.1) is 0 Å². The first-order chi connectivity index (χ1) is 6.95. The van der Waals surface area contributed by atoms with Crippen LogP contribution in [0.25, 0.3) is 10.1 Å². The van der Waals surface area contributed by atoms with Crippen LogP contribution in [0.5, 0.6) is 0 Å². The van der Waals surface area contributed by atoms with E-state index < -0.39 is 0 Å². The van der Waals surface area contributed by atoms with Gasteiger partial charge in [-0.25, -0.2) is 0 Å². The first-order valence-electron chi connectivity index (χ1n) is 4.36. The van der Waals surface area contributed by atoms with Gasteiger partial charge >= 0.3 is 0 Å². The third-order valence-electron chi connectivity index (χ3n) is 2.22. The summed E-state index contributed by atoms with van der Waals surface area (Å²) in [6, 6.07) is 8.35. The maximum absolute atomic E-state index is 4.07. The molecule has 1 aliphatic heterocycles. The van der Waals surface area contributed by atoms with E-state index in [-0.39, 0.29) is 0 Å². The van der Waals surface area contributed by atoms with E-state index in [0.29, 0.717) is 0 Å². The molecule has 2 nitrogen and oxygen atoms in total. The second-order valence-electron chi connectivity index (χ2n) is 3.06. The molecule has 1 aliphatic rings. The Morgan fingerprint density at radius 1 is 1.14 bits per heavy atom. The Morgan fingerprint density at radius 2 is 2.07 bits per heavy atom. The Hall–Kier alpha value is -1.61. The average molecular weight is 199 g/mol. The first-order valence-corrected chi connectivity index (χ1v) is 5.24. The summed E-state index contributed by atoms with van der Waals surface area (Å²) in [5.41, 5.74) is 5.98. The van der Waals surface area contributed by atoms with E-state index in [4.69, 9.17) is 0 Å². The Kier molecular flexibility index (Phi) is 1.64. The number of hydrogen-bond acceptors (Lipinski definition) is 2. The monoisotopic (exact) mass is 199 g/mol. The predicted molar refractivity (Wildman–Crippen MR) is 59.6 cm³/mol. The van der Waals surface area contributed by atoms with E-state index in [0.717, 1.165) is 5.71 Å². The maximum Gasteiger partial charge on any atom is 0.0959 e. The molecule has 0 atom stereocenters. The predicted octanol–water partition coefficient (Wildman–Crippen LogP) is 2.74. The van der Waals surface area contributed by atoms with Crippen LogP contribution in [0.15, 0.2) is 47.0 Å². The zero-order valence-corrected chi connectivity index (χ0v) is 8.16. The highest BCUT2D eigenvalue weighted by molar-refractivity contribution is 7.17. The van der Waals surface area contributed by atoms with Crippen molar-refractivity contribution in [2.75, 3.05) is 0 Å². The fourth-order valence-electron chi connectivity index (χ4n) is 1.55. The van der Waals surface area contributed by atoms with E-state index in [1.54, 1.807) is 17.5 Å². The van der Waals surface area contributed by atoms with E-state index in [2.05, 4.69) is 40.2 Å². The number of rotatable bonds is 1. The molecule has 67 valence electrons. The fraction of sp³-hybridized carbons (Fsp3) is 0. The Balaban J connectivity index is 2.26. The number of nitrogens with zero attached hydrogens (tertiary/aromatic N) is 2. The number of thiophene rings is 1. The van der Waals surface area contributed by atoms with Crippen molar-refractivity contribution in [1.82, 2.24) is 5.43 Å². The smallest absolute Gasteiger partial charge is 0.0959 e. The molecule has 0 aliphatic carbocycles. The standard InChI is InChI=1S/C11H7N2S/c1-2-4-11-8(3-1)9(7-14-11)10-5-6-12-13-10/h1-7H. The van der Waals surface area contributed by atoms with Crippen LogP contribution in [0.2, 0.25) is 0 Å². The molecule has 0 spiro atoms. The number of benzene rings is 1. The van der Waals surface area contributed by atoms with Crippen LogP contribution in [-0.2, 0) is 0 Å². The van der Waals surface area contributed by atoms with Gasteiger partial charge in [-0.15, -0.1) is 11.3 Å². The summed E-state index contributed by atoms with van der Waals surface area (Å²) < 4.78 is 1.30. The summed E-state index contributed by atoms with van der Waals surface area (Å²) in [7, 11) is 0. The summed E-state index contributed by atoms with van der Waals surface area (Å²) in [5.74, 6) is 0. The third kappa shape index (κ3) is 1.06. The summed E-state index contributed by atoms with van der Waals surface area (Å²) in [6.07, 6.45) is 3.66. The fourth-order valence-corrected chi connectivity index (χ4v) is 2.51. The van der Waals surface area contributed by atoms with Gasteiger partial charge in [0.15, 0.2) is 0 Å². The molecule has 3 heteroatoms. The molecule has 1 aromatic heterocycles. The van der Waals surface area contributed by atoms with Crippen molar-refractivity contribution in [2.24, 2.45) is 5.10 Å². The minimum atomic E-state index is 0.961. The SMILES string of the molecule is C1=CC(c2csc3ccccc23)=N[N]1. The highest BCUT2D eigenvalue weighted by atomic mass is 32.1. The van der Waals surface area contributed by atoms with Gasteiger partial charge in [0.25, 0.3) is 0 Å². The number of allylic oxidation sites excluding steroid dienone is 1. The van der Waals surface area contributed by atoms with Crippen LogP contribution in [-0.4, -0.2) is 5.71 Å². The molecule has 2 aromatic rings. The Morgan fingerprint density at radius 3 is 2.93 bits per heavy atom. The minimum Gasteiger partial charge on any atom is -0.158 e. The van der Waals surface area contributed by atoms with E-state index >= 15 is 0 Å². The lowest BCUT2D eigenvalue weighted by atomic mass is 10.1. The summed E-state index contributed by atoms with van der Waals surface area (Å²) >= 11 is 1.74. The molecule has 14 heavy (non-hydrogen) atoms. The first kappa shape index (κ1) is 7.76. The van der Waals surface area contributed by atoms with Crippen molar-refractivity contribution in [3.05, 3.63) is 47.5 Å². The normalized spacial score (nSPS) is 14.4. The van der Waals surface area contributed by atoms with Crippen molar-refractivity contribution in [3.8, 4) is 0 Å². The molecule has 0 fully saturated rings. The van der Waals surface area contributed by atoms with Crippen molar-refractivity contribution >= 4 is 27.1 Å². The van der Waals surface area contributed by atoms with Gasteiger partial charge in [0, 0.05) is 21.0 Å². The van der Waals surface area contributed by atoms with Gasteiger partial charge in [0.2, 0.25) is 0 Å². The lowest BCUT2D eigenvalue weighted by molar-refractivity contribution is 0.972. The van der Waals surface area contributed by atoms with Crippen LogP contribution >= 0.6 is 11.3 Å². The van der Waals surface area contributed by atoms with Gasteiger partial charge in [0.05, 0.1) is 11.9 Å². The van der Waals surface area contributed by atoms with Crippen molar-refractivity contribution in [3.63, 3.8) is 0 Å². The van der Waals surface area contributed by atoms with Gasteiger partial charge in [-0.1, -0.05) is 18.2 Å². The summed E-state index contributed by atoms with van der Waals surface area (Å²) in [6.45, 7) is 0. The van der Waals surface area contributed by atoms with Gasteiger partial charge in [0.1, 0.15) is 0 Å². The lowest BCUT2D eigenvalue weighted by Crippen LogP contribution is -1.91. The molecule has 3 rings (SSSR count). The molecular formula is C11H7N2S. The summed E-state index contributed by atoms with van der Waals surface area (Å²) in [5, 5.41) is 7.46. The lowest BCUT2D eigenvalue weighted by Gasteiger charge is -1.93. The highest BCUT2D eigenvalue weighted by Crippen LogP contribution is 2.26. The number of fused-ring (bicyclic) bond motifs is 1. The molecule has 0 N–H and O–H groups in total. The molecular weight excluding hydrogens is 192 g/mol. The maximum atomic E-state index is 4.07. The minimum absolute atomic E-state index is 0.961. The molecule has 0 saturated heterocycles. The van der Waals surface area contributed by atoms with Crippen LogP contribution in [0.3, 0.4) is 0 Å². The van der Waals surface area contributed by atoms with Crippen LogP contribution in [0.4, 0.5) is 0 Å². The second kappa shape index (κ2) is 2.96. The zero-order valence-electron chi connectivity index (χ0n) is 7.34. The topological polar surface area (TPSA) is 26.5 Å². The van der Waals surface area contributed by atoms with E-state index in [1.807, 2.05) is 6.08 Å². The molecule has 1 radical (unpaired) electrons. The van der Waals surface area contributed by atoms with Gasteiger partial charge in [-0.3, -0.25) is 0 Å². The molecule has 0 bridgehead atoms. The molecule has 0 saturated carbocycles. The molecule has 0 unspecified atom stereocenters. The van der Waals surface area contributed by atoms with Crippen LogP contribution in [0.1, 0.15) is 5.56 Å². The van der Waals surface area contributed by atoms with E-state index in [1.165, 1.54) is 15.6 Å². The van der Waals surface area contributed by atoms with E-state index in [9.17, 15) is 0 Å². The number of hydrogen-bond donors (Lipinski definition) is 0. The molecule has 1 aromatic carbocycles. The third-order valence-corrected chi connectivity index (χ3v) is 3.18. The van der Waals surface area contributed by atoms with Crippen molar-refractivity contribution in [2.45, 2.75) is 0 Å². The second-order valence-corrected chi connectivity index (χ2v) is 3.97. The Bertz CT molecular complexity index is 537. The largest absolute Gasteiger partial charge is 0.158 e. The Labute approximate surface area is 85.6 Å². The van der Waals surface area contributed by atoms with Crippen LogP contribution < -0.4 is 5.43 Å². The summed E-state index contributed by atoms with van der Waals surface area (Å²) in [4.78, 5) is 0. The highest BCUT2D eigenvalue weighted by Gasteiger charge is 2.09. The van der Waals surface area contributed by atoms with Crippen molar-refractivity contribution < 1.29 is 0 Å². The van der Waals surface area contributed by atoms with Gasteiger partial charge in [-0.2, -0.15) is 10.5 Å². The van der Waals surface area contributed by atoms with Gasteiger partial charge in [-0.05, 0) is 12.1 Å². The quantitative estimate of drug-likeness (QED) is 0.675. The average Bonchev–Trinajstić information content (AvgIpc) is 2.85. The van der Waals surface area contributed by atoms with Gasteiger partial charge < -0.3 is 0 Å².